The number of hydrogen-bond donors (Lipinski definition) is 1. The number of amides is 1. The van der Waals surface area contributed by atoms with Crippen molar-refractivity contribution in [1.29, 1.82) is 0 Å². The summed E-state index contributed by atoms with van der Waals surface area (Å²) in [4.78, 5) is 23.0. The van der Waals surface area contributed by atoms with E-state index in [0.717, 1.165) is 17.8 Å². The molecule has 0 aliphatic carbocycles. The minimum absolute atomic E-state index is 0.115. The molecule has 10 heteroatoms. The van der Waals surface area contributed by atoms with Gasteiger partial charge in [-0.3, -0.25) is 14.3 Å². The maximum absolute atomic E-state index is 12.6. The quantitative estimate of drug-likeness (QED) is 0.889. The van der Waals surface area contributed by atoms with Crippen molar-refractivity contribution in [3.05, 3.63) is 39.9 Å². The minimum atomic E-state index is -4.57. The molecule has 1 amide bonds. The molecule has 112 valence electrons. The maximum Gasteiger partial charge on any atom is 0.433 e. The number of carbonyl (C=O) groups is 1. The van der Waals surface area contributed by atoms with Gasteiger partial charge in [-0.2, -0.15) is 23.4 Å². The molecule has 2 aromatic rings. The van der Waals surface area contributed by atoms with Gasteiger partial charge >= 0.3 is 6.18 Å². The fourth-order valence-corrected chi connectivity index (χ4v) is 1.60. The van der Waals surface area contributed by atoms with Crippen molar-refractivity contribution in [1.82, 2.24) is 19.6 Å². The van der Waals surface area contributed by atoms with E-state index in [-0.39, 0.29) is 11.5 Å². The fraction of sp³-hybridized carbons (Fsp3) is 0.273. The molecule has 0 unspecified atom stereocenters. The third-order valence-electron chi connectivity index (χ3n) is 2.60. The lowest BCUT2D eigenvalue weighted by atomic mass is 10.3. The van der Waals surface area contributed by atoms with Gasteiger partial charge in [0, 0.05) is 26.2 Å². The van der Waals surface area contributed by atoms with Gasteiger partial charge in [-0.15, -0.1) is 0 Å². The molecule has 0 fully saturated rings. The topological polar surface area (TPSA) is 81.8 Å². The van der Waals surface area contributed by atoms with E-state index in [4.69, 9.17) is 0 Å². The lowest BCUT2D eigenvalue weighted by molar-refractivity contribution is -0.143. The van der Waals surface area contributed by atoms with E-state index < -0.39 is 23.3 Å². The van der Waals surface area contributed by atoms with Gasteiger partial charge in [0.1, 0.15) is 11.4 Å². The first-order valence-electron chi connectivity index (χ1n) is 5.65. The first-order valence-corrected chi connectivity index (χ1v) is 5.65. The number of nitrogens with zero attached hydrogens (tertiary/aromatic N) is 4. The van der Waals surface area contributed by atoms with E-state index in [0.29, 0.717) is 10.7 Å². The number of nitrogens with one attached hydrogen (secondary N) is 1. The highest BCUT2D eigenvalue weighted by molar-refractivity contribution is 6.02. The molecule has 1 N–H and O–H groups in total. The summed E-state index contributed by atoms with van der Waals surface area (Å²) < 4.78 is 39.3. The zero-order valence-electron chi connectivity index (χ0n) is 11.0. The van der Waals surface area contributed by atoms with Crippen molar-refractivity contribution in [2.45, 2.75) is 6.18 Å². The molecule has 0 aliphatic heterocycles. The van der Waals surface area contributed by atoms with Crippen LogP contribution in [0.2, 0.25) is 0 Å². The van der Waals surface area contributed by atoms with Crippen LogP contribution in [0.1, 0.15) is 16.2 Å². The molecule has 0 saturated heterocycles. The lowest BCUT2D eigenvalue weighted by Crippen LogP contribution is -2.23. The van der Waals surface area contributed by atoms with Crippen molar-refractivity contribution < 1.29 is 18.0 Å². The molecule has 2 rings (SSSR count). The number of anilines is 1. The van der Waals surface area contributed by atoms with Gasteiger partial charge < -0.3 is 5.32 Å². The fourth-order valence-electron chi connectivity index (χ4n) is 1.60. The van der Waals surface area contributed by atoms with Crippen molar-refractivity contribution >= 4 is 11.7 Å². The molecule has 0 radical (unpaired) electrons. The van der Waals surface area contributed by atoms with Crippen LogP contribution in [0.25, 0.3) is 0 Å². The zero-order chi connectivity index (χ0) is 15.8. The van der Waals surface area contributed by atoms with E-state index in [1.807, 2.05) is 0 Å². The van der Waals surface area contributed by atoms with Crippen molar-refractivity contribution in [3.8, 4) is 0 Å². The van der Waals surface area contributed by atoms with Crippen molar-refractivity contribution in [2.24, 2.45) is 14.1 Å². The number of rotatable bonds is 2. The van der Waals surface area contributed by atoms with Gasteiger partial charge in [0.25, 0.3) is 11.5 Å². The second-order valence-corrected chi connectivity index (χ2v) is 4.17. The van der Waals surface area contributed by atoms with Gasteiger partial charge in [0.05, 0.1) is 0 Å². The van der Waals surface area contributed by atoms with Gasteiger partial charge in [-0.05, 0) is 6.07 Å². The van der Waals surface area contributed by atoms with Crippen LogP contribution in [0.5, 0.6) is 0 Å². The van der Waals surface area contributed by atoms with Gasteiger partial charge in [0.2, 0.25) is 0 Å². The van der Waals surface area contributed by atoms with Crippen LogP contribution in [0.15, 0.2) is 23.0 Å². The van der Waals surface area contributed by atoms with Crippen LogP contribution < -0.4 is 10.9 Å². The molecule has 21 heavy (non-hydrogen) atoms. The average molecular weight is 301 g/mol. The summed E-state index contributed by atoms with van der Waals surface area (Å²) in [5.74, 6) is -1.03. The highest BCUT2D eigenvalue weighted by atomic mass is 19.4. The van der Waals surface area contributed by atoms with Crippen LogP contribution in [0.3, 0.4) is 0 Å². The lowest BCUT2D eigenvalue weighted by Gasteiger charge is -2.04. The molecule has 7 nitrogen and oxygen atoms in total. The Hall–Kier alpha value is -2.65. The maximum atomic E-state index is 12.6. The number of halogens is 3. The van der Waals surface area contributed by atoms with Crippen LogP contribution in [0, 0.1) is 0 Å². The van der Waals surface area contributed by atoms with Crippen LogP contribution in [-0.2, 0) is 20.3 Å². The zero-order valence-corrected chi connectivity index (χ0v) is 11.0. The summed E-state index contributed by atoms with van der Waals surface area (Å²) in [5, 5.41) is 9.42. The molecule has 2 heterocycles. The third-order valence-corrected chi connectivity index (χ3v) is 2.60. The largest absolute Gasteiger partial charge is 0.433 e. The predicted molar refractivity (Wildman–Crippen MR) is 65.6 cm³/mol. The normalized spacial score (nSPS) is 11.5. The number of alkyl halides is 3. The smallest absolute Gasteiger partial charge is 0.304 e. The van der Waals surface area contributed by atoms with Gasteiger partial charge in [-0.1, -0.05) is 0 Å². The molecule has 0 atom stereocenters. The second kappa shape index (κ2) is 5.04. The first kappa shape index (κ1) is 14.8. The number of hydrogen-bond acceptors (Lipinski definition) is 4. The summed E-state index contributed by atoms with van der Waals surface area (Å²) in [7, 11) is 2.46. The molecule has 0 saturated carbocycles. The van der Waals surface area contributed by atoms with Crippen LogP contribution in [-0.4, -0.2) is 25.5 Å². The molecule has 0 spiro atoms. The summed E-state index contributed by atoms with van der Waals surface area (Å²) in [6.07, 6.45) is -4.57. The Labute approximate surface area is 116 Å². The van der Waals surface area contributed by atoms with E-state index in [9.17, 15) is 22.8 Å². The second-order valence-electron chi connectivity index (χ2n) is 4.17. The number of carbonyl (C=O) groups excluding carboxylic acids is 1. The third kappa shape index (κ3) is 3.09. The minimum Gasteiger partial charge on any atom is -0.304 e. The van der Waals surface area contributed by atoms with Crippen molar-refractivity contribution in [2.75, 3.05) is 5.32 Å². The highest BCUT2D eigenvalue weighted by Crippen LogP contribution is 2.30. The Morgan fingerprint density at radius 2 is 1.86 bits per heavy atom. The Morgan fingerprint density at radius 1 is 1.19 bits per heavy atom. The standard InChI is InChI=1S/C11H10F3N5O2/c1-18-7(11(12,13)14)5-8(17-18)15-10(21)6-3-4-9(20)19(2)16-6/h3-5H,1-2H3,(H,15,17,21). The average Bonchev–Trinajstić information content (AvgIpc) is 2.73. The molecule has 0 aliphatic rings. The number of aromatic nitrogens is 4. The van der Waals surface area contributed by atoms with E-state index in [2.05, 4.69) is 15.5 Å². The van der Waals surface area contributed by atoms with Gasteiger partial charge in [0.15, 0.2) is 5.82 Å². The monoisotopic (exact) mass is 301 g/mol. The summed E-state index contributed by atoms with van der Waals surface area (Å²) in [6.45, 7) is 0. The Bertz CT molecular complexity index is 747. The van der Waals surface area contributed by atoms with E-state index >= 15 is 0 Å². The van der Waals surface area contributed by atoms with Crippen molar-refractivity contribution in [3.63, 3.8) is 0 Å². The Morgan fingerprint density at radius 3 is 2.38 bits per heavy atom. The SMILES string of the molecule is Cn1nc(NC(=O)c2ccc(=O)n(C)n2)cc1C(F)(F)F. The summed E-state index contributed by atoms with van der Waals surface area (Å²) in [5.41, 5.74) is -1.52. The molecule has 0 bridgehead atoms. The Balaban J connectivity index is 2.24. The summed E-state index contributed by atoms with van der Waals surface area (Å²) >= 11 is 0. The molecule has 2 aromatic heterocycles. The molecule has 0 aromatic carbocycles. The summed E-state index contributed by atoms with van der Waals surface area (Å²) in [6, 6.07) is 3.01. The Kier molecular flexibility index (Phi) is 3.54. The molecular formula is C11H10F3N5O2. The highest BCUT2D eigenvalue weighted by Gasteiger charge is 2.35. The van der Waals surface area contributed by atoms with Gasteiger partial charge in [-0.25, -0.2) is 4.68 Å². The van der Waals surface area contributed by atoms with Crippen LogP contribution >= 0.6 is 0 Å². The van der Waals surface area contributed by atoms with E-state index in [1.165, 1.54) is 13.1 Å². The molecular weight excluding hydrogens is 291 g/mol. The van der Waals surface area contributed by atoms with Crippen LogP contribution in [0.4, 0.5) is 19.0 Å². The predicted octanol–water partition coefficient (Wildman–Crippen LogP) is 0.785. The number of aryl methyl sites for hydroxylation is 2. The first-order chi connectivity index (χ1) is 9.68. The van der Waals surface area contributed by atoms with E-state index in [1.54, 1.807) is 0 Å².